The highest BCUT2D eigenvalue weighted by atomic mass is 127. The maximum atomic E-state index is 6.39. The van der Waals surface area contributed by atoms with E-state index in [9.17, 15) is 0 Å². The van der Waals surface area contributed by atoms with Crippen LogP contribution in [0.15, 0.2) is 46.9 Å². The van der Waals surface area contributed by atoms with Crippen molar-refractivity contribution >= 4 is 38.5 Å². The van der Waals surface area contributed by atoms with Crippen LogP contribution in [-0.4, -0.2) is 0 Å². The molecule has 0 aliphatic carbocycles. The molecular weight excluding hydrogens is 437 g/mol. The van der Waals surface area contributed by atoms with Gasteiger partial charge in [-0.1, -0.05) is 61.0 Å². The van der Waals surface area contributed by atoms with E-state index in [2.05, 4.69) is 102 Å². The third-order valence-corrected chi connectivity index (χ3v) is 5.03. The van der Waals surface area contributed by atoms with Crippen molar-refractivity contribution in [3.63, 3.8) is 0 Å². The van der Waals surface area contributed by atoms with Crippen LogP contribution in [0.25, 0.3) is 0 Å². The first-order valence-corrected chi connectivity index (χ1v) is 8.94. The van der Waals surface area contributed by atoms with E-state index in [4.69, 9.17) is 5.73 Å². The summed E-state index contributed by atoms with van der Waals surface area (Å²) in [5, 5.41) is 0. The number of rotatable bonds is 3. The first-order valence-electron chi connectivity index (χ1n) is 7.07. The van der Waals surface area contributed by atoms with Gasteiger partial charge in [0, 0.05) is 14.1 Å². The molecule has 0 bridgehead atoms. The Morgan fingerprint density at radius 2 is 1.71 bits per heavy atom. The van der Waals surface area contributed by atoms with Gasteiger partial charge in [0.25, 0.3) is 0 Å². The van der Waals surface area contributed by atoms with Gasteiger partial charge in [-0.25, -0.2) is 0 Å². The maximum absolute atomic E-state index is 6.39. The standard InChI is InChI=1S/C18H21BrIN/c1-18(2,3)13-6-4-12(5-7-13)10-17(21)15-11-14(20)8-9-16(15)19/h4-9,11,17H,10,21H2,1-3H3. The molecule has 21 heavy (non-hydrogen) atoms. The molecule has 1 atom stereocenters. The highest BCUT2D eigenvalue weighted by Crippen LogP contribution is 2.27. The Labute approximate surface area is 149 Å². The molecule has 2 N–H and O–H groups in total. The molecule has 3 heteroatoms. The lowest BCUT2D eigenvalue weighted by molar-refractivity contribution is 0.589. The van der Waals surface area contributed by atoms with Crippen molar-refractivity contribution in [1.82, 2.24) is 0 Å². The van der Waals surface area contributed by atoms with E-state index in [0.717, 1.165) is 10.9 Å². The Bertz CT molecular complexity index is 614. The van der Waals surface area contributed by atoms with Gasteiger partial charge in [-0.05, 0) is 69.3 Å². The summed E-state index contributed by atoms with van der Waals surface area (Å²) in [6.07, 6.45) is 0.850. The molecule has 1 unspecified atom stereocenters. The molecule has 0 saturated heterocycles. The quantitative estimate of drug-likeness (QED) is 0.597. The molecule has 2 aromatic carbocycles. The van der Waals surface area contributed by atoms with Gasteiger partial charge in [-0.3, -0.25) is 0 Å². The van der Waals surface area contributed by atoms with Crippen LogP contribution in [0.2, 0.25) is 0 Å². The van der Waals surface area contributed by atoms with Crippen molar-refractivity contribution in [2.24, 2.45) is 5.73 Å². The van der Waals surface area contributed by atoms with Crippen LogP contribution < -0.4 is 5.73 Å². The summed E-state index contributed by atoms with van der Waals surface area (Å²) in [7, 11) is 0. The lowest BCUT2D eigenvalue weighted by Crippen LogP contribution is -2.15. The van der Waals surface area contributed by atoms with E-state index in [0.29, 0.717) is 0 Å². The normalized spacial score (nSPS) is 13.2. The van der Waals surface area contributed by atoms with E-state index in [-0.39, 0.29) is 11.5 Å². The molecule has 0 fully saturated rings. The Kier molecular flexibility index (Phi) is 5.49. The molecule has 2 rings (SSSR count). The summed E-state index contributed by atoms with van der Waals surface area (Å²) in [5.41, 5.74) is 10.4. The van der Waals surface area contributed by atoms with Crippen LogP contribution in [0.1, 0.15) is 43.5 Å². The van der Waals surface area contributed by atoms with Crippen LogP contribution in [0, 0.1) is 3.57 Å². The molecule has 0 aromatic heterocycles. The van der Waals surface area contributed by atoms with Gasteiger partial charge in [-0.15, -0.1) is 0 Å². The number of benzene rings is 2. The number of halogens is 2. The molecular formula is C18H21BrIN. The summed E-state index contributed by atoms with van der Waals surface area (Å²) < 4.78 is 2.30. The fraction of sp³-hybridized carbons (Fsp3) is 0.333. The molecule has 0 heterocycles. The van der Waals surface area contributed by atoms with Gasteiger partial charge >= 0.3 is 0 Å². The Hall–Kier alpha value is -0.390. The number of hydrogen-bond acceptors (Lipinski definition) is 1. The topological polar surface area (TPSA) is 26.0 Å². The summed E-state index contributed by atoms with van der Waals surface area (Å²) in [5.74, 6) is 0. The van der Waals surface area contributed by atoms with Gasteiger partial charge < -0.3 is 5.73 Å². The number of nitrogens with two attached hydrogens (primary N) is 1. The highest BCUT2D eigenvalue weighted by molar-refractivity contribution is 14.1. The van der Waals surface area contributed by atoms with Crippen LogP contribution in [0.5, 0.6) is 0 Å². The largest absolute Gasteiger partial charge is 0.324 e. The minimum absolute atomic E-state index is 0.00887. The zero-order chi connectivity index (χ0) is 15.6. The Balaban J connectivity index is 2.16. The van der Waals surface area contributed by atoms with Crippen molar-refractivity contribution in [2.45, 2.75) is 38.6 Å². The molecule has 0 spiro atoms. The predicted molar refractivity (Wildman–Crippen MR) is 103 cm³/mol. The fourth-order valence-corrected chi connectivity index (χ4v) is 3.36. The van der Waals surface area contributed by atoms with Crippen LogP contribution in [0.4, 0.5) is 0 Å². The fourth-order valence-electron chi connectivity index (χ4n) is 2.30. The van der Waals surface area contributed by atoms with Crippen LogP contribution >= 0.6 is 38.5 Å². The molecule has 2 aromatic rings. The van der Waals surface area contributed by atoms with Crippen molar-refractivity contribution in [2.75, 3.05) is 0 Å². The zero-order valence-electron chi connectivity index (χ0n) is 12.7. The van der Waals surface area contributed by atoms with Gasteiger partial charge in [0.15, 0.2) is 0 Å². The van der Waals surface area contributed by atoms with E-state index in [1.165, 1.54) is 20.3 Å². The lowest BCUT2D eigenvalue weighted by atomic mass is 9.86. The second kappa shape index (κ2) is 6.80. The van der Waals surface area contributed by atoms with E-state index in [1.807, 2.05) is 0 Å². The summed E-state index contributed by atoms with van der Waals surface area (Å²) in [6.45, 7) is 6.70. The molecule has 0 aliphatic heterocycles. The summed E-state index contributed by atoms with van der Waals surface area (Å²) in [6, 6.07) is 15.1. The predicted octanol–water partition coefficient (Wildman–Crippen LogP) is 5.59. The van der Waals surface area contributed by atoms with Gasteiger partial charge in [-0.2, -0.15) is 0 Å². The summed E-state index contributed by atoms with van der Waals surface area (Å²) in [4.78, 5) is 0. The van der Waals surface area contributed by atoms with Crippen molar-refractivity contribution in [3.8, 4) is 0 Å². The molecule has 1 nitrogen and oxygen atoms in total. The Morgan fingerprint density at radius 3 is 2.29 bits per heavy atom. The first kappa shape index (κ1) is 17.0. The molecule has 0 saturated carbocycles. The SMILES string of the molecule is CC(C)(C)c1ccc(CC(N)c2cc(I)ccc2Br)cc1. The highest BCUT2D eigenvalue weighted by Gasteiger charge is 2.14. The van der Waals surface area contributed by atoms with E-state index < -0.39 is 0 Å². The van der Waals surface area contributed by atoms with Crippen molar-refractivity contribution < 1.29 is 0 Å². The van der Waals surface area contributed by atoms with Crippen LogP contribution in [-0.2, 0) is 11.8 Å². The van der Waals surface area contributed by atoms with Gasteiger partial charge in [0.1, 0.15) is 0 Å². The smallest absolute Gasteiger partial charge is 0.0347 e. The van der Waals surface area contributed by atoms with E-state index >= 15 is 0 Å². The second-order valence-corrected chi connectivity index (χ2v) is 8.52. The third-order valence-electron chi connectivity index (χ3n) is 3.63. The first-order chi connectivity index (χ1) is 9.77. The molecule has 112 valence electrons. The number of hydrogen-bond donors (Lipinski definition) is 1. The minimum Gasteiger partial charge on any atom is -0.324 e. The van der Waals surface area contributed by atoms with Gasteiger partial charge in [0.05, 0.1) is 0 Å². The third kappa shape index (κ3) is 4.54. The molecule has 0 aliphatic rings. The minimum atomic E-state index is 0.00887. The molecule has 0 radical (unpaired) electrons. The monoisotopic (exact) mass is 457 g/mol. The summed E-state index contributed by atoms with van der Waals surface area (Å²) >= 11 is 5.92. The van der Waals surface area contributed by atoms with Crippen molar-refractivity contribution in [3.05, 3.63) is 67.2 Å². The maximum Gasteiger partial charge on any atom is 0.0347 e. The Morgan fingerprint density at radius 1 is 1.10 bits per heavy atom. The average molecular weight is 458 g/mol. The second-order valence-electron chi connectivity index (χ2n) is 6.42. The van der Waals surface area contributed by atoms with Gasteiger partial charge in [0.2, 0.25) is 0 Å². The van der Waals surface area contributed by atoms with E-state index in [1.54, 1.807) is 0 Å². The lowest BCUT2D eigenvalue weighted by Gasteiger charge is -2.20. The average Bonchev–Trinajstić information content (AvgIpc) is 2.41. The zero-order valence-corrected chi connectivity index (χ0v) is 16.4. The van der Waals surface area contributed by atoms with Crippen molar-refractivity contribution in [1.29, 1.82) is 0 Å². The molecule has 0 amide bonds. The van der Waals surface area contributed by atoms with Crippen LogP contribution in [0.3, 0.4) is 0 Å².